The van der Waals surface area contributed by atoms with Crippen LogP contribution in [0.15, 0.2) is 40.7 Å². The molecule has 7 heteroatoms. The molecule has 0 fully saturated rings. The first kappa shape index (κ1) is 17.8. The minimum Gasteiger partial charge on any atom is -0.347 e. The number of nitroso groups, excluding NO2 is 1. The zero-order valence-corrected chi connectivity index (χ0v) is 13.2. The maximum Gasteiger partial charge on any atom is 0.290 e. The number of amidine groups is 1. The van der Waals surface area contributed by atoms with Crippen LogP contribution in [-0.2, 0) is 11.2 Å². The van der Waals surface area contributed by atoms with Crippen LogP contribution in [0.3, 0.4) is 0 Å². The normalized spacial score (nSPS) is 14.0. The summed E-state index contributed by atoms with van der Waals surface area (Å²) in [4.78, 5) is 22.3. The molecule has 0 aliphatic heterocycles. The average Bonchev–Trinajstić information content (AvgIpc) is 2.53. The highest BCUT2D eigenvalue weighted by molar-refractivity contribution is 6.37. The quantitative estimate of drug-likeness (QED) is 0.308. The molecule has 1 rings (SSSR count). The van der Waals surface area contributed by atoms with Crippen LogP contribution in [0.1, 0.15) is 25.8 Å². The van der Waals surface area contributed by atoms with Crippen molar-refractivity contribution in [3.05, 3.63) is 40.8 Å². The molecular weight excluding hydrogens is 282 g/mol. The molecule has 7 nitrogen and oxygen atoms in total. The molecule has 0 heterocycles. The monoisotopic (exact) mass is 305 g/mol. The number of carbonyl (C=O) groups excluding carboxylic acids is 1. The molecule has 0 aromatic heterocycles. The predicted molar refractivity (Wildman–Crippen MR) is 87.0 cm³/mol. The average molecular weight is 305 g/mol. The first-order valence-electron chi connectivity index (χ1n) is 7.30. The van der Waals surface area contributed by atoms with E-state index in [1.807, 2.05) is 25.1 Å². The minimum absolute atomic E-state index is 0.0618. The molecule has 0 bridgehead atoms. The highest BCUT2D eigenvalue weighted by atomic mass is 16.3. The van der Waals surface area contributed by atoms with E-state index in [1.165, 1.54) is 5.56 Å². The third kappa shape index (κ3) is 5.61. The standard InChI is InChI=1S/C15H23N5O2/c1-4-13(10-12-8-6-5-7-9-12)11(2)17-15(21)14(18-16-3)19-20-22/h5-9,11,13,16H,4,10H2,1-3H3,(H,17,21)(H,18,19,22). The fourth-order valence-electron chi connectivity index (χ4n) is 2.27. The second kappa shape index (κ2) is 9.62. The Kier molecular flexibility index (Phi) is 7.77. The van der Waals surface area contributed by atoms with E-state index in [-0.39, 0.29) is 17.8 Å². The molecular formula is C15H23N5O2. The molecule has 0 aliphatic carbocycles. The van der Waals surface area contributed by atoms with Crippen LogP contribution < -0.4 is 16.2 Å². The lowest BCUT2D eigenvalue weighted by atomic mass is 9.91. The number of amides is 1. The van der Waals surface area contributed by atoms with E-state index in [9.17, 15) is 9.70 Å². The summed E-state index contributed by atoms with van der Waals surface area (Å²) in [6.45, 7) is 4.03. The number of hydrogen-bond donors (Lipinski definition) is 3. The van der Waals surface area contributed by atoms with E-state index in [4.69, 9.17) is 0 Å². The zero-order valence-electron chi connectivity index (χ0n) is 13.2. The number of hydrazine groups is 1. The summed E-state index contributed by atoms with van der Waals surface area (Å²) >= 11 is 0. The predicted octanol–water partition coefficient (Wildman–Crippen LogP) is 1.56. The van der Waals surface area contributed by atoms with Gasteiger partial charge in [0.2, 0.25) is 5.84 Å². The smallest absolute Gasteiger partial charge is 0.290 e. The van der Waals surface area contributed by atoms with Crippen LogP contribution in [0.2, 0.25) is 0 Å². The summed E-state index contributed by atoms with van der Waals surface area (Å²) in [6, 6.07) is 10.1. The van der Waals surface area contributed by atoms with Crippen LogP contribution >= 0.6 is 0 Å². The molecule has 1 aromatic rings. The van der Waals surface area contributed by atoms with Crippen molar-refractivity contribution in [2.45, 2.75) is 32.7 Å². The SMILES string of the molecule is CCC(Cc1ccccc1)C(C)NC(=O)/C(=N\N=O)NNC. The van der Waals surface area contributed by atoms with Crippen LogP contribution in [0, 0.1) is 10.8 Å². The van der Waals surface area contributed by atoms with Gasteiger partial charge in [-0.2, -0.15) is 0 Å². The van der Waals surface area contributed by atoms with Crippen LogP contribution in [0.25, 0.3) is 0 Å². The van der Waals surface area contributed by atoms with Gasteiger partial charge in [0.25, 0.3) is 5.91 Å². The Morgan fingerprint density at radius 1 is 1.27 bits per heavy atom. The van der Waals surface area contributed by atoms with Gasteiger partial charge in [-0.15, -0.1) is 4.91 Å². The Bertz CT molecular complexity index is 504. The molecule has 1 aromatic carbocycles. The zero-order chi connectivity index (χ0) is 16.4. The van der Waals surface area contributed by atoms with Gasteiger partial charge in [0.15, 0.2) is 0 Å². The van der Waals surface area contributed by atoms with Gasteiger partial charge in [-0.25, -0.2) is 5.43 Å². The molecule has 22 heavy (non-hydrogen) atoms. The van der Waals surface area contributed by atoms with Gasteiger partial charge in [-0.1, -0.05) is 48.8 Å². The van der Waals surface area contributed by atoms with Crippen molar-refractivity contribution in [1.29, 1.82) is 0 Å². The van der Waals surface area contributed by atoms with Crippen molar-refractivity contribution in [1.82, 2.24) is 16.2 Å². The number of rotatable bonds is 7. The molecule has 3 N–H and O–H groups in total. The molecule has 2 atom stereocenters. The summed E-state index contributed by atoms with van der Waals surface area (Å²) in [5, 5.41) is 8.48. The van der Waals surface area contributed by atoms with Crippen molar-refractivity contribution >= 4 is 11.7 Å². The topological polar surface area (TPSA) is 95.0 Å². The summed E-state index contributed by atoms with van der Waals surface area (Å²) in [6.07, 6.45) is 1.80. The van der Waals surface area contributed by atoms with Crippen molar-refractivity contribution in [2.24, 2.45) is 16.3 Å². The Hall–Kier alpha value is -2.28. The maximum atomic E-state index is 12.1. The lowest BCUT2D eigenvalue weighted by Gasteiger charge is -2.24. The molecule has 120 valence electrons. The second-order valence-electron chi connectivity index (χ2n) is 5.03. The number of carbonyl (C=O) groups is 1. The molecule has 0 saturated heterocycles. The lowest BCUT2D eigenvalue weighted by molar-refractivity contribution is -0.116. The van der Waals surface area contributed by atoms with E-state index in [1.54, 1.807) is 7.05 Å². The van der Waals surface area contributed by atoms with E-state index in [2.05, 4.69) is 45.6 Å². The van der Waals surface area contributed by atoms with Crippen molar-refractivity contribution in [3.63, 3.8) is 0 Å². The van der Waals surface area contributed by atoms with E-state index >= 15 is 0 Å². The first-order chi connectivity index (χ1) is 10.6. The van der Waals surface area contributed by atoms with Crippen LogP contribution in [0.5, 0.6) is 0 Å². The summed E-state index contributed by atoms with van der Waals surface area (Å²) in [5.74, 6) is -0.335. The molecule has 0 radical (unpaired) electrons. The fraction of sp³-hybridized carbons (Fsp3) is 0.467. The Morgan fingerprint density at radius 2 is 1.95 bits per heavy atom. The van der Waals surface area contributed by atoms with Crippen molar-refractivity contribution < 1.29 is 4.79 Å². The Morgan fingerprint density at radius 3 is 2.50 bits per heavy atom. The van der Waals surface area contributed by atoms with E-state index in [0.29, 0.717) is 0 Å². The molecule has 0 spiro atoms. The van der Waals surface area contributed by atoms with Crippen molar-refractivity contribution in [3.8, 4) is 0 Å². The number of nitrogens with one attached hydrogen (secondary N) is 3. The number of hydrogen-bond acceptors (Lipinski definition) is 4. The Labute approximate surface area is 130 Å². The number of nitrogens with zero attached hydrogens (tertiary/aromatic N) is 2. The summed E-state index contributed by atoms with van der Waals surface area (Å²) in [7, 11) is 1.57. The van der Waals surface area contributed by atoms with Gasteiger partial charge in [0.1, 0.15) is 0 Å². The fourth-order valence-corrected chi connectivity index (χ4v) is 2.27. The maximum absolute atomic E-state index is 12.1. The minimum atomic E-state index is -0.465. The van der Waals surface area contributed by atoms with Crippen LogP contribution in [0.4, 0.5) is 0 Å². The van der Waals surface area contributed by atoms with Gasteiger partial charge in [0, 0.05) is 13.1 Å². The molecule has 1 amide bonds. The lowest BCUT2D eigenvalue weighted by Crippen LogP contribution is -2.49. The number of benzene rings is 1. The highest BCUT2D eigenvalue weighted by Gasteiger charge is 2.20. The molecule has 2 unspecified atom stereocenters. The summed E-state index contributed by atoms with van der Waals surface area (Å²) in [5.41, 5.74) is 6.27. The van der Waals surface area contributed by atoms with Crippen LogP contribution in [-0.4, -0.2) is 24.8 Å². The molecule has 0 saturated carbocycles. The second-order valence-corrected chi connectivity index (χ2v) is 5.03. The third-order valence-electron chi connectivity index (χ3n) is 3.53. The Balaban J connectivity index is 2.67. The largest absolute Gasteiger partial charge is 0.347 e. The van der Waals surface area contributed by atoms with Gasteiger partial charge in [-0.3, -0.25) is 10.2 Å². The first-order valence-corrected chi connectivity index (χ1v) is 7.30. The van der Waals surface area contributed by atoms with Gasteiger partial charge in [0.05, 0.1) is 5.29 Å². The van der Waals surface area contributed by atoms with Gasteiger partial charge < -0.3 is 5.32 Å². The van der Waals surface area contributed by atoms with Gasteiger partial charge >= 0.3 is 0 Å². The van der Waals surface area contributed by atoms with Gasteiger partial charge in [-0.05, 0) is 24.8 Å². The summed E-state index contributed by atoms with van der Waals surface area (Å²) < 4.78 is 0. The molecule has 0 aliphatic rings. The van der Waals surface area contributed by atoms with E-state index in [0.717, 1.165) is 12.8 Å². The van der Waals surface area contributed by atoms with Crippen molar-refractivity contribution in [2.75, 3.05) is 7.05 Å². The van der Waals surface area contributed by atoms with E-state index < -0.39 is 5.91 Å². The third-order valence-corrected chi connectivity index (χ3v) is 3.53. The highest BCUT2D eigenvalue weighted by Crippen LogP contribution is 2.16.